The first-order valence-corrected chi connectivity index (χ1v) is 7.23. The molecule has 1 fully saturated rings. The highest BCUT2D eigenvalue weighted by Crippen LogP contribution is 2.19. The first-order chi connectivity index (χ1) is 10.1. The Kier molecular flexibility index (Phi) is 5.27. The maximum Gasteiger partial charge on any atom is 0.273 e. The van der Waals surface area contributed by atoms with E-state index in [0.29, 0.717) is 18.7 Å². The third-order valence-corrected chi connectivity index (χ3v) is 3.71. The fourth-order valence-corrected chi connectivity index (χ4v) is 2.55. The Morgan fingerprint density at radius 3 is 2.86 bits per heavy atom. The normalized spacial score (nSPS) is 17.7. The molecule has 6 nitrogen and oxygen atoms in total. The minimum atomic E-state index is -0.445. The highest BCUT2D eigenvalue weighted by atomic mass is 16.6. The van der Waals surface area contributed by atoms with Gasteiger partial charge in [-0.3, -0.25) is 14.9 Å². The molecule has 0 spiro atoms. The molecule has 1 amide bonds. The number of amides is 1. The number of para-hydroxylation sites is 1. The predicted molar refractivity (Wildman–Crippen MR) is 78.0 cm³/mol. The maximum absolute atomic E-state index is 12.4. The number of carbonyl (C=O) groups excluding carboxylic acids is 1. The van der Waals surface area contributed by atoms with Crippen molar-refractivity contribution in [2.75, 3.05) is 19.7 Å². The van der Waals surface area contributed by atoms with Crippen LogP contribution >= 0.6 is 0 Å². The van der Waals surface area contributed by atoms with E-state index in [-0.39, 0.29) is 24.1 Å². The molecule has 0 aromatic heterocycles. The summed E-state index contributed by atoms with van der Waals surface area (Å²) in [6.07, 6.45) is 2.15. The fraction of sp³-hybridized carbons (Fsp3) is 0.533. The van der Waals surface area contributed by atoms with Gasteiger partial charge < -0.3 is 9.64 Å². The molecular weight excluding hydrogens is 272 g/mol. The number of benzene rings is 1. The number of likely N-dealkylation sites (N-methyl/N-ethyl adjacent to an activating group) is 1. The molecule has 0 bridgehead atoms. The molecule has 1 aliphatic heterocycles. The van der Waals surface area contributed by atoms with Gasteiger partial charge in [-0.25, -0.2) is 0 Å². The maximum atomic E-state index is 12.4. The molecule has 0 saturated carbocycles. The molecule has 2 rings (SSSR count). The molecule has 1 aromatic carbocycles. The third-order valence-electron chi connectivity index (χ3n) is 3.71. The van der Waals surface area contributed by atoms with Crippen molar-refractivity contribution in [2.45, 2.75) is 32.3 Å². The van der Waals surface area contributed by atoms with Crippen LogP contribution in [0.5, 0.6) is 0 Å². The van der Waals surface area contributed by atoms with E-state index in [1.807, 2.05) is 6.92 Å². The zero-order valence-corrected chi connectivity index (χ0v) is 12.2. The van der Waals surface area contributed by atoms with Crippen LogP contribution < -0.4 is 0 Å². The molecule has 0 N–H and O–H groups in total. The molecule has 0 aliphatic carbocycles. The molecule has 0 radical (unpaired) electrons. The number of ether oxygens (including phenoxy) is 1. The van der Waals surface area contributed by atoms with Crippen molar-refractivity contribution in [1.29, 1.82) is 0 Å². The zero-order valence-electron chi connectivity index (χ0n) is 12.2. The van der Waals surface area contributed by atoms with Crippen LogP contribution in [0.4, 0.5) is 5.69 Å². The molecule has 21 heavy (non-hydrogen) atoms. The topological polar surface area (TPSA) is 72.7 Å². The number of carbonyl (C=O) groups is 1. The van der Waals surface area contributed by atoms with E-state index in [1.165, 1.54) is 6.07 Å². The molecule has 1 aromatic rings. The number of rotatable bonds is 6. The summed E-state index contributed by atoms with van der Waals surface area (Å²) in [6, 6.07) is 6.39. The van der Waals surface area contributed by atoms with Gasteiger partial charge in [0.1, 0.15) is 0 Å². The average molecular weight is 292 g/mol. The lowest BCUT2D eigenvalue weighted by Crippen LogP contribution is -2.38. The lowest BCUT2D eigenvalue weighted by Gasteiger charge is -2.24. The second-order valence-electron chi connectivity index (χ2n) is 5.13. The summed E-state index contributed by atoms with van der Waals surface area (Å²) in [7, 11) is 0. The van der Waals surface area contributed by atoms with Crippen LogP contribution in [0.15, 0.2) is 24.3 Å². The number of nitro groups is 1. The molecule has 1 saturated heterocycles. The van der Waals surface area contributed by atoms with Crippen LogP contribution in [-0.2, 0) is 16.0 Å². The Labute approximate surface area is 123 Å². The summed E-state index contributed by atoms with van der Waals surface area (Å²) in [4.78, 5) is 24.6. The van der Waals surface area contributed by atoms with Gasteiger partial charge in [0.2, 0.25) is 5.91 Å². The van der Waals surface area contributed by atoms with E-state index in [1.54, 1.807) is 23.1 Å². The van der Waals surface area contributed by atoms with Gasteiger partial charge in [-0.2, -0.15) is 0 Å². The Morgan fingerprint density at radius 1 is 1.48 bits per heavy atom. The van der Waals surface area contributed by atoms with Crippen LogP contribution in [0.1, 0.15) is 25.3 Å². The Bertz CT molecular complexity index is 512. The number of nitro benzene ring substituents is 1. The predicted octanol–water partition coefficient (Wildman–Crippen LogP) is 2.16. The van der Waals surface area contributed by atoms with Crippen molar-refractivity contribution < 1.29 is 14.5 Å². The van der Waals surface area contributed by atoms with Crippen molar-refractivity contribution in [3.63, 3.8) is 0 Å². The summed E-state index contributed by atoms with van der Waals surface area (Å²) in [6.45, 7) is 3.81. The second-order valence-corrected chi connectivity index (χ2v) is 5.13. The standard InChI is InChI=1S/C15H20N2O4/c1-2-16(11-13-7-5-9-21-13)15(18)10-12-6-3-4-8-14(12)17(19)20/h3-4,6,8,13H,2,5,7,9-11H2,1H3. The number of nitrogens with zero attached hydrogens (tertiary/aromatic N) is 2. The minimum absolute atomic E-state index is 0.000908. The van der Waals surface area contributed by atoms with E-state index in [2.05, 4.69) is 0 Å². The highest BCUT2D eigenvalue weighted by Gasteiger charge is 2.23. The van der Waals surface area contributed by atoms with Crippen LogP contribution in [0.3, 0.4) is 0 Å². The lowest BCUT2D eigenvalue weighted by atomic mass is 10.1. The Morgan fingerprint density at radius 2 is 2.24 bits per heavy atom. The van der Waals surface area contributed by atoms with E-state index in [9.17, 15) is 14.9 Å². The average Bonchev–Trinajstić information content (AvgIpc) is 2.98. The summed E-state index contributed by atoms with van der Waals surface area (Å²) in [5.74, 6) is -0.0951. The minimum Gasteiger partial charge on any atom is -0.376 e. The number of hydrogen-bond acceptors (Lipinski definition) is 4. The monoisotopic (exact) mass is 292 g/mol. The van der Waals surface area contributed by atoms with Gasteiger partial charge >= 0.3 is 0 Å². The van der Waals surface area contributed by atoms with Crippen molar-refractivity contribution in [3.05, 3.63) is 39.9 Å². The Balaban J connectivity index is 2.03. The smallest absolute Gasteiger partial charge is 0.273 e. The van der Waals surface area contributed by atoms with Crippen LogP contribution in [-0.4, -0.2) is 41.5 Å². The summed E-state index contributed by atoms with van der Waals surface area (Å²) < 4.78 is 5.55. The van der Waals surface area contributed by atoms with Gasteiger partial charge in [-0.05, 0) is 19.8 Å². The molecule has 1 aliphatic rings. The van der Waals surface area contributed by atoms with E-state index in [4.69, 9.17) is 4.74 Å². The zero-order chi connectivity index (χ0) is 15.2. The van der Waals surface area contributed by atoms with Crippen LogP contribution in [0.2, 0.25) is 0 Å². The lowest BCUT2D eigenvalue weighted by molar-refractivity contribution is -0.385. The first-order valence-electron chi connectivity index (χ1n) is 7.23. The first kappa shape index (κ1) is 15.4. The molecular formula is C15H20N2O4. The molecule has 114 valence electrons. The summed E-state index contributed by atoms with van der Waals surface area (Å²) in [5, 5.41) is 11.0. The molecule has 1 heterocycles. The Hall–Kier alpha value is -1.95. The summed E-state index contributed by atoms with van der Waals surface area (Å²) in [5.41, 5.74) is 0.456. The molecule has 1 unspecified atom stereocenters. The quantitative estimate of drug-likeness (QED) is 0.595. The van der Waals surface area contributed by atoms with Gasteiger partial charge in [-0.1, -0.05) is 18.2 Å². The van der Waals surface area contributed by atoms with Gasteiger partial charge in [0, 0.05) is 31.3 Å². The SMILES string of the molecule is CCN(CC1CCCO1)C(=O)Cc1ccccc1[N+](=O)[O-]. The second kappa shape index (κ2) is 7.17. The van der Waals surface area contributed by atoms with Crippen LogP contribution in [0.25, 0.3) is 0 Å². The molecule has 1 atom stereocenters. The number of hydrogen-bond donors (Lipinski definition) is 0. The van der Waals surface area contributed by atoms with Crippen molar-refractivity contribution in [1.82, 2.24) is 4.90 Å². The van der Waals surface area contributed by atoms with Gasteiger partial charge in [-0.15, -0.1) is 0 Å². The fourth-order valence-electron chi connectivity index (χ4n) is 2.55. The van der Waals surface area contributed by atoms with E-state index < -0.39 is 4.92 Å². The van der Waals surface area contributed by atoms with Gasteiger partial charge in [0.25, 0.3) is 5.69 Å². The third kappa shape index (κ3) is 4.01. The van der Waals surface area contributed by atoms with Crippen molar-refractivity contribution >= 4 is 11.6 Å². The summed E-state index contributed by atoms with van der Waals surface area (Å²) >= 11 is 0. The van der Waals surface area contributed by atoms with E-state index >= 15 is 0 Å². The van der Waals surface area contributed by atoms with Crippen molar-refractivity contribution in [2.24, 2.45) is 0 Å². The van der Waals surface area contributed by atoms with E-state index in [0.717, 1.165) is 19.4 Å². The molecule has 6 heteroatoms. The van der Waals surface area contributed by atoms with Gasteiger partial charge in [0.05, 0.1) is 17.4 Å². The van der Waals surface area contributed by atoms with Crippen molar-refractivity contribution in [3.8, 4) is 0 Å². The van der Waals surface area contributed by atoms with Crippen LogP contribution in [0, 0.1) is 10.1 Å². The highest BCUT2D eigenvalue weighted by molar-refractivity contribution is 5.80. The van der Waals surface area contributed by atoms with Gasteiger partial charge in [0.15, 0.2) is 0 Å². The largest absolute Gasteiger partial charge is 0.376 e.